The summed E-state index contributed by atoms with van der Waals surface area (Å²) in [6, 6.07) is 8.64. The molecule has 27 heavy (non-hydrogen) atoms. The number of nitrogens with one attached hydrogen (secondary N) is 1. The van der Waals surface area contributed by atoms with Gasteiger partial charge in [0.15, 0.2) is 0 Å². The van der Waals surface area contributed by atoms with Gasteiger partial charge in [0.25, 0.3) is 5.91 Å². The molecule has 0 bridgehead atoms. The highest BCUT2D eigenvalue weighted by molar-refractivity contribution is 6.08. The van der Waals surface area contributed by atoms with Crippen molar-refractivity contribution in [3.8, 4) is 0 Å². The molecule has 0 unspecified atom stereocenters. The van der Waals surface area contributed by atoms with Crippen molar-refractivity contribution in [3.63, 3.8) is 0 Å². The van der Waals surface area contributed by atoms with Gasteiger partial charge >= 0.3 is 5.97 Å². The number of aromatic nitrogens is 1. The van der Waals surface area contributed by atoms with Gasteiger partial charge in [-0.05, 0) is 38.0 Å². The lowest BCUT2D eigenvalue weighted by molar-refractivity contribution is 0.0527. The first-order chi connectivity index (χ1) is 13.1. The van der Waals surface area contributed by atoms with Gasteiger partial charge in [-0.2, -0.15) is 0 Å². The summed E-state index contributed by atoms with van der Waals surface area (Å²) >= 11 is 0. The molecule has 0 radical (unpaired) electrons. The average molecular weight is 369 g/mol. The highest BCUT2D eigenvalue weighted by Gasteiger charge is 2.16. The topological polar surface area (TPSA) is 71.5 Å². The number of hydrogen-bond acceptors (Lipinski definition) is 5. The molecule has 0 fully saturated rings. The molecule has 144 valence electrons. The van der Waals surface area contributed by atoms with Crippen molar-refractivity contribution >= 4 is 23.3 Å². The van der Waals surface area contributed by atoms with E-state index in [9.17, 15) is 9.59 Å². The fraction of sp³-hybridized carbons (Fsp3) is 0.381. The largest absolute Gasteiger partial charge is 0.462 e. The molecule has 0 saturated heterocycles. The molecule has 0 aliphatic carbocycles. The van der Waals surface area contributed by atoms with E-state index in [0.717, 1.165) is 31.6 Å². The molecular formula is C21H27N3O3. The number of ether oxygens (including phenoxy) is 1. The number of rotatable bonds is 9. The molecule has 1 aromatic heterocycles. The summed E-state index contributed by atoms with van der Waals surface area (Å²) in [5.41, 5.74) is 2.12. The van der Waals surface area contributed by atoms with Gasteiger partial charge < -0.3 is 15.0 Å². The lowest BCUT2D eigenvalue weighted by Crippen LogP contribution is -2.25. The van der Waals surface area contributed by atoms with Gasteiger partial charge in [0, 0.05) is 19.3 Å². The zero-order valence-corrected chi connectivity index (χ0v) is 16.2. The Morgan fingerprint density at radius 1 is 1.07 bits per heavy atom. The highest BCUT2D eigenvalue weighted by atomic mass is 16.5. The van der Waals surface area contributed by atoms with Crippen LogP contribution in [0.25, 0.3) is 0 Å². The van der Waals surface area contributed by atoms with E-state index in [4.69, 9.17) is 4.74 Å². The van der Waals surface area contributed by atoms with Crippen LogP contribution in [0.3, 0.4) is 0 Å². The number of esters is 1. The maximum absolute atomic E-state index is 12.7. The molecule has 0 saturated carbocycles. The molecule has 2 aromatic rings. The second-order valence-electron chi connectivity index (χ2n) is 6.14. The summed E-state index contributed by atoms with van der Waals surface area (Å²) in [5.74, 6) is -0.772. The van der Waals surface area contributed by atoms with Crippen molar-refractivity contribution < 1.29 is 14.3 Å². The third-order valence-electron chi connectivity index (χ3n) is 4.01. The average Bonchev–Trinajstić information content (AvgIpc) is 2.68. The zero-order valence-electron chi connectivity index (χ0n) is 16.2. The fourth-order valence-corrected chi connectivity index (χ4v) is 2.81. The molecule has 1 heterocycles. The molecular weight excluding hydrogens is 342 g/mol. The maximum Gasteiger partial charge on any atom is 0.340 e. The number of para-hydroxylation sites is 1. The Morgan fingerprint density at radius 3 is 2.44 bits per heavy atom. The first-order valence-corrected chi connectivity index (χ1v) is 9.38. The zero-order chi connectivity index (χ0) is 19.6. The Labute approximate surface area is 160 Å². The van der Waals surface area contributed by atoms with Gasteiger partial charge in [0.1, 0.15) is 0 Å². The second kappa shape index (κ2) is 10.3. The predicted molar refractivity (Wildman–Crippen MR) is 107 cm³/mol. The highest BCUT2D eigenvalue weighted by Crippen LogP contribution is 2.20. The molecule has 6 nitrogen and oxygen atoms in total. The normalized spacial score (nSPS) is 10.3. The Hall–Kier alpha value is -2.89. The van der Waals surface area contributed by atoms with E-state index in [1.807, 2.05) is 6.07 Å². The summed E-state index contributed by atoms with van der Waals surface area (Å²) in [5, 5.41) is 2.80. The van der Waals surface area contributed by atoms with Crippen molar-refractivity contribution in [2.45, 2.75) is 33.6 Å². The van der Waals surface area contributed by atoms with Gasteiger partial charge in [-0.1, -0.05) is 26.0 Å². The van der Waals surface area contributed by atoms with Crippen molar-refractivity contribution in [2.24, 2.45) is 0 Å². The number of carbonyl (C=O) groups is 2. The van der Waals surface area contributed by atoms with E-state index in [1.54, 1.807) is 37.4 Å². The van der Waals surface area contributed by atoms with Gasteiger partial charge in [-0.15, -0.1) is 0 Å². The first kappa shape index (κ1) is 20.4. The van der Waals surface area contributed by atoms with Crippen LogP contribution in [0.2, 0.25) is 0 Å². The van der Waals surface area contributed by atoms with Crippen LogP contribution >= 0.6 is 0 Å². The van der Waals surface area contributed by atoms with Crippen LogP contribution in [-0.4, -0.2) is 36.6 Å². The van der Waals surface area contributed by atoms with E-state index in [1.165, 1.54) is 6.20 Å². The number of anilines is 2. The standard InChI is InChI=1S/C21H27N3O3/c1-4-11-24(12-5-2)17-13-16(14-22-15-17)20(25)23-19-10-8-7-9-18(19)21(26)27-6-3/h7-10,13-15H,4-6,11-12H2,1-3H3,(H,23,25). The molecule has 1 amide bonds. The lowest BCUT2D eigenvalue weighted by atomic mass is 10.1. The number of amides is 1. The van der Waals surface area contributed by atoms with Crippen molar-refractivity contribution in [3.05, 3.63) is 53.9 Å². The molecule has 1 N–H and O–H groups in total. The van der Waals surface area contributed by atoms with E-state index >= 15 is 0 Å². The van der Waals surface area contributed by atoms with E-state index < -0.39 is 5.97 Å². The SMILES string of the molecule is CCCN(CCC)c1cncc(C(=O)Nc2ccccc2C(=O)OCC)c1. The Balaban J connectivity index is 2.22. The van der Waals surface area contributed by atoms with Crippen LogP contribution in [0.1, 0.15) is 54.3 Å². The number of nitrogens with zero attached hydrogens (tertiary/aromatic N) is 2. The van der Waals surface area contributed by atoms with Crippen LogP contribution in [0.4, 0.5) is 11.4 Å². The van der Waals surface area contributed by atoms with Crippen LogP contribution in [0, 0.1) is 0 Å². The van der Waals surface area contributed by atoms with Crippen molar-refractivity contribution in [1.29, 1.82) is 0 Å². The van der Waals surface area contributed by atoms with Crippen molar-refractivity contribution in [2.75, 3.05) is 29.9 Å². The molecule has 0 spiro atoms. The third-order valence-corrected chi connectivity index (χ3v) is 4.01. The van der Waals surface area contributed by atoms with Gasteiger partial charge in [-0.3, -0.25) is 9.78 Å². The van der Waals surface area contributed by atoms with Crippen LogP contribution < -0.4 is 10.2 Å². The van der Waals surface area contributed by atoms with Crippen LogP contribution in [0.15, 0.2) is 42.7 Å². The van der Waals surface area contributed by atoms with Crippen LogP contribution in [-0.2, 0) is 4.74 Å². The van der Waals surface area contributed by atoms with Gasteiger partial charge in [-0.25, -0.2) is 4.79 Å². The summed E-state index contributed by atoms with van der Waals surface area (Å²) < 4.78 is 5.05. The van der Waals surface area contributed by atoms with Gasteiger partial charge in [0.2, 0.25) is 0 Å². The fourth-order valence-electron chi connectivity index (χ4n) is 2.81. The summed E-state index contributed by atoms with van der Waals surface area (Å²) in [6.07, 6.45) is 5.34. The predicted octanol–water partition coefficient (Wildman–Crippen LogP) is 4.14. The second-order valence-corrected chi connectivity index (χ2v) is 6.14. The molecule has 0 aliphatic heterocycles. The molecule has 2 rings (SSSR count). The monoisotopic (exact) mass is 369 g/mol. The number of hydrogen-bond donors (Lipinski definition) is 1. The third kappa shape index (κ3) is 5.54. The minimum Gasteiger partial charge on any atom is -0.462 e. The molecule has 6 heteroatoms. The van der Waals surface area contributed by atoms with Crippen molar-refractivity contribution in [1.82, 2.24) is 4.98 Å². The Kier molecular flexibility index (Phi) is 7.79. The van der Waals surface area contributed by atoms with E-state index in [2.05, 4.69) is 29.0 Å². The number of carbonyl (C=O) groups excluding carboxylic acids is 2. The first-order valence-electron chi connectivity index (χ1n) is 9.38. The Morgan fingerprint density at radius 2 is 1.78 bits per heavy atom. The summed E-state index contributed by atoms with van der Waals surface area (Å²) in [4.78, 5) is 31.2. The number of pyridine rings is 1. The quantitative estimate of drug-likeness (QED) is 0.673. The van der Waals surface area contributed by atoms with Crippen LogP contribution in [0.5, 0.6) is 0 Å². The minimum atomic E-state index is -0.461. The number of benzene rings is 1. The molecule has 0 aliphatic rings. The summed E-state index contributed by atoms with van der Waals surface area (Å²) in [7, 11) is 0. The van der Waals surface area contributed by atoms with Gasteiger partial charge in [0.05, 0.1) is 35.3 Å². The molecule has 1 aromatic carbocycles. The Bertz CT molecular complexity index is 771. The molecule has 0 atom stereocenters. The smallest absolute Gasteiger partial charge is 0.340 e. The van der Waals surface area contributed by atoms with E-state index in [-0.39, 0.29) is 12.5 Å². The van der Waals surface area contributed by atoms with E-state index in [0.29, 0.717) is 16.8 Å². The lowest BCUT2D eigenvalue weighted by Gasteiger charge is -2.23. The maximum atomic E-state index is 12.7. The minimum absolute atomic E-state index is 0.276. The summed E-state index contributed by atoms with van der Waals surface area (Å²) in [6.45, 7) is 8.09.